The molecule has 0 spiro atoms. The van der Waals surface area contributed by atoms with Gasteiger partial charge in [-0.2, -0.15) is 0 Å². The van der Waals surface area contributed by atoms with Gasteiger partial charge >= 0.3 is 0 Å². The fourth-order valence-corrected chi connectivity index (χ4v) is 8.65. The highest BCUT2D eigenvalue weighted by atomic mass is 16.3. The number of benzene rings is 8. The van der Waals surface area contributed by atoms with Crippen molar-refractivity contribution in [1.29, 1.82) is 0 Å². The van der Waals surface area contributed by atoms with Crippen LogP contribution in [0.2, 0.25) is 0 Å². The highest BCUT2D eigenvalue weighted by Gasteiger charge is 2.20. The highest BCUT2D eigenvalue weighted by molar-refractivity contribution is 6.14. The Bertz CT molecular complexity index is 3470. The molecule has 6 nitrogen and oxygen atoms in total. The molecule has 0 amide bonds. The molecule has 0 radical (unpaired) electrons. The van der Waals surface area contributed by atoms with Crippen molar-refractivity contribution in [3.63, 3.8) is 0 Å². The van der Waals surface area contributed by atoms with Crippen molar-refractivity contribution in [2.24, 2.45) is 0 Å². The van der Waals surface area contributed by atoms with E-state index in [1.165, 1.54) is 21.5 Å². The molecule has 0 saturated heterocycles. The first-order valence-corrected chi connectivity index (χ1v) is 19.1. The van der Waals surface area contributed by atoms with Crippen LogP contribution in [0.25, 0.3) is 111 Å². The molecule has 12 rings (SSSR count). The first-order valence-electron chi connectivity index (χ1n) is 19.1. The van der Waals surface area contributed by atoms with Crippen molar-refractivity contribution in [2.75, 3.05) is 0 Å². The zero-order chi connectivity index (χ0) is 37.5. The van der Waals surface area contributed by atoms with Gasteiger partial charge in [0, 0.05) is 66.4 Å². The summed E-state index contributed by atoms with van der Waals surface area (Å²) in [6, 6.07) is 65.5. The van der Waals surface area contributed by atoms with Crippen molar-refractivity contribution in [1.82, 2.24) is 24.1 Å². The number of hydrogen-bond acceptors (Lipinski definition) is 4. The lowest BCUT2D eigenvalue weighted by Crippen LogP contribution is -2.01. The van der Waals surface area contributed by atoms with E-state index in [4.69, 9.17) is 19.4 Å². The standard InChI is InChI=1S/C51H31N5O/c1-3-14-32(15-4-1)49-52-50(33-26-28-39-38-20-9-10-22-42(38)55(45(39)30-33)34-16-5-2-6-17-34)54-51(53-49)41-21-13-25-46-48(41)40-29-27-35(31-47(40)57-46)56-43-23-11-7-18-36(43)37-19-8-12-24-44(37)56/h1-31H. The zero-order valence-corrected chi connectivity index (χ0v) is 30.5. The molecule has 266 valence electrons. The average molecular weight is 730 g/mol. The van der Waals surface area contributed by atoms with Gasteiger partial charge in [0.1, 0.15) is 11.2 Å². The van der Waals surface area contributed by atoms with Gasteiger partial charge in [0.15, 0.2) is 17.5 Å². The Balaban J connectivity index is 1.06. The van der Waals surface area contributed by atoms with Crippen LogP contribution in [-0.2, 0) is 0 Å². The summed E-state index contributed by atoms with van der Waals surface area (Å²) in [6.45, 7) is 0. The van der Waals surface area contributed by atoms with Crippen LogP contribution in [0.5, 0.6) is 0 Å². The number of hydrogen-bond donors (Lipinski definition) is 0. The average Bonchev–Trinajstić information content (AvgIpc) is 3.94. The summed E-state index contributed by atoms with van der Waals surface area (Å²) in [5, 5.41) is 6.79. The van der Waals surface area contributed by atoms with E-state index < -0.39 is 0 Å². The van der Waals surface area contributed by atoms with Crippen LogP contribution in [0.1, 0.15) is 0 Å². The molecule has 0 fully saturated rings. The Labute approximate surface area is 326 Å². The summed E-state index contributed by atoms with van der Waals surface area (Å²) >= 11 is 0. The van der Waals surface area contributed by atoms with Crippen molar-refractivity contribution in [3.8, 4) is 45.5 Å². The molecule has 0 unspecified atom stereocenters. The van der Waals surface area contributed by atoms with E-state index in [1.54, 1.807) is 0 Å². The molecular formula is C51H31N5O. The molecule has 12 aromatic rings. The summed E-state index contributed by atoms with van der Waals surface area (Å²) in [6.07, 6.45) is 0. The molecule has 0 aliphatic heterocycles. The van der Waals surface area contributed by atoms with E-state index in [2.05, 4.69) is 155 Å². The normalized spacial score (nSPS) is 11.9. The lowest BCUT2D eigenvalue weighted by molar-refractivity contribution is 0.668. The van der Waals surface area contributed by atoms with Crippen molar-refractivity contribution in [3.05, 3.63) is 188 Å². The van der Waals surface area contributed by atoms with Gasteiger partial charge in [-0.3, -0.25) is 0 Å². The Hall–Kier alpha value is -7.83. The number of para-hydroxylation sites is 4. The Morgan fingerprint density at radius 2 is 0.877 bits per heavy atom. The highest BCUT2D eigenvalue weighted by Crippen LogP contribution is 2.40. The van der Waals surface area contributed by atoms with Gasteiger partial charge in [-0.1, -0.05) is 127 Å². The maximum absolute atomic E-state index is 6.65. The molecule has 0 aliphatic rings. The molecule has 0 aliphatic carbocycles. The molecule has 6 heteroatoms. The van der Waals surface area contributed by atoms with Crippen LogP contribution in [0.4, 0.5) is 0 Å². The summed E-state index contributed by atoms with van der Waals surface area (Å²) in [5.41, 5.74) is 11.0. The lowest BCUT2D eigenvalue weighted by atomic mass is 10.0. The Kier molecular flexibility index (Phi) is 6.83. The fourth-order valence-electron chi connectivity index (χ4n) is 8.65. The molecular weight excluding hydrogens is 699 g/mol. The summed E-state index contributed by atoms with van der Waals surface area (Å²) in [5.74, 6) is 1.80. The fraction of sp³-hybridized carbons (Fsp3) is 0. The van der Waals surface area contributed by atoms with Crippen molar-refractivity contribution < 1.29 is 4.42 Å². The van der Waals surface area contributed by atoms with Crippen LogP contribution in [0, 0.1) is 0 Å². The predicted molar refractivity (Wildman–Crippen MR) is 232 cm³/mol. The van der Waals surface area contributed by atoms with E-state index in [0.717, 1.165) is 72.1 Å². The van der Waals surface area contributed by atoms with Gasteiger partial charge in [-0.15, -0.1) is 0 Å². The Morgan fingerprint density at radius 3 is 1.56 bits per heavy atom. The van der Waals surface area contributed by atoms with Crippen LogP contribution < -0.4 is 0 Å². The molecule has 0 atom stereocenters. The van der Waals surface area contributed by atoms with E-state index in [9.17, 15) is 0 Å². The lowest BCUT2D eigenvalue weighted by Gasteiger charge is -2.11. The van der Waals surface area contributed by atoms with Crippen molar-refractivity contribution >= 4 is 65.6 Å². The van der Waals surface area contributed by atoms with Crippen LogP contribution in [0.15, 0.2) is 192 Å². The minimum absolute atomic E-state index is 0.585. The van der Waals surface area contributed by atoms with Crippen LogP contribution in [0.3, 0.4) is 0 Å². The SMILES string of the molecule is c1ccc(-c2nc(-c3ccc4c5ccccc5n(-c5ccccc5)c4c3)nc(-c3cccc4oc5cc(-n6c7ccccc7c7ccccc76)ccc5c34)n2)cc1. The third kappa shape index (κ3) is 4.87. The molecule has 8 aromatic carbocycles. The summed E-state index contributed by atoms with van der Waals surface area (Å²) < 4.78 is 11.3. The van der Waals surface area contributed by atoms with E-state index >= 15 is 0 Å². The number of nitrogens with zero attached hydrogens (tertiary/aromatic N) is 5. The first kappa shape index (κ1) is 31.5. The predicted octanol–water partition coefficient (Wildman–Crippen LogP) is 13.0. The van der Waals surface area contributed by atoms with Gasteiger partial charge in [0.25, 0.3) is 0 Å². The minimum Gasteiger partial charge on any atom is -0.456 e. The summed E-state index contributed by atoms with van der Waals surface area (Å²) in [4.78, 5) is 15.5. The summed E-state index contributed by atoms with van der Waals surface area (Å²) in [7, 11) is 0. The molecule has 0 N–H and O–H groups in total. The van der Waals surface area contributed by atoms with Gasteiger partial charge in [0.05, 0.1) is 22.1 Å². The minimum atomic E-state index is 0.585. The zero-order valence-electron chi connectivity index (χ0n) is 30.5. The maximum atomic E-state index is 6.65. The first-order chi connectivity index (χ1) is 28.3. The third-order valence-corrected chi connectivity index (χ3v) is 11.2. The second-order valence-corrected chi connectivity index (χ2v) is 14.4. The second-order valence-electron chi connectivity index (χ2n) is 14.4. The van der Waals surface area contributed by atoms with E-state index in [1.807, 2.05) is 42.5 Å². The van der Waals surface area contributed by atoms with Crippen LogP contribution >= 0.6 is 0 Å². The molecule has 4 aromatic heterocycles. The topological polar surface area (TPSA) is 61.7 Å². The monoisotopic (exact) mass is 729 g/mol. The Morgan fingerprint density at radius 1 is 0.333 bits per heavy atom. The third-order valence-electron chi connectivity index (χ3n) is 11.2. The van der Waals surface area contributed by atoms with Crippen LogP contribution in [-0.4, -0.2) is 24.1 Å². The number of aromatic nitrogens is 5. The van der Waals surface area contributed by atoms with Gasteiger partial charge < -0.3 is 13.6 Å². The van der Waals surface area contributed by atoms with E-state index in [0.29, 0.717) is 17.5 Å². The number of furan rings is 1. The largest absolute Gasteiger partial charge is 0.456 e. The van der Waals surface area contributed by atoms with Gasteiger partial charge in [-0.25, -0.2) is 15.0 Å². The second kappa shape index (κ2) is 12.3. The molecule has 57 heavy (non-hydrogen) atoms. The van der Waals surface area contributed by atoms with E-state index in [-0.39, 0.29) is 0 Å². The number of rotatable bonds is 5. The molecule has 0 saturated carbocycles. The molecule has 4 heterocycles. The van der Waals surface area contributed by atoms with Gasteiger partial charge in [-0.05, 0) is 54.6 Å². The number of fused-ring (bicyclic) bond motifs is 9. The smallest absolute Gasteiger partial charge is 0.164 e. The van der Waals surface area contributed by atoms with Gasteiger partial charge in [0.2, 0.25) is 0 Å². The quantitative estimate of drug-likeness (QED) is 0.177. The molecule has 0 bridgehead atoms. The van der Waals surface area contributed by atoms with Crippen molar-refractivity contribution in [2.45, 2.75) is 0 Å². The maximum Gasteiger partial charge on any atom is 0.164 e.